The predicted molar refractivity (Wildman–Crippen MR) is 99.5 cm³/mol. The number of aliphatic hydroxyl groups is 4. The summed E-state index contributed by atoms with van der Waals surface area (Å²) in [6.45, 7) is -0.271. The lowest BCUT2D eigenvalue weighted by molar-refractivity contribution is -0.196. The molecule has 3 rings (SSSR count). The van der Waals surface area contributed by atoms with Crippen molar-refractivity contribution in [1.29, 1.82) is 0 Å². The van der Waals surface area contributed by atoms with Crippen LogP contribution in [-0.4, -0.2) is 75.6 Å². The second-order valence-electron chi connectivity index (χ2n) is 6.96. The SMILES string of the molecule is [N-]=[N+]=N[C@@H]1C[C@@H](O[C@H]2O[C@H](CO)[C@@H](O)[C@@H]2O)C/C(=N\OCc2ccccc2)[C@H]1O. The van der Waals surface area contributed by atoms with Gasteiger partial charge in [0.05, 0.1) is 24.5 Å². The van der Waals surface area contributed by atoms with Crippen LogP contribution in [0.2, 0.25) is 0 Å². The summed E-state index contributed by atoms with van der Waals surface area (Å²) in [6.07, 6.45) is -6.18. The lowest BCUT2D eigenvalue weighted by Gasteiger charge is -2.33. The number of azide groups is 1. The van der Waals surface area contributed by atoms with Crippen LogP contribution in [0.5, 0.6) is 0 Å². The summed E-state index contributed by atoms with van der Waals surface area (Å²) in [5, 5.41) is 47.1. The first-order valence-corrected chi connectivity index (χ1v) is 9.26. The molecule has 158 valence electrons. The summed E-state index contributed by atoms with van der Waals surface area (Å²) in [7, 11) is 0. The van der Waals surface area contributed by atoms with Gasteiger partial charge in [0.15, 0.2) is 6.29 Å². The summed E-state index contributed by atoms with van der Waals surface area (Å²) in [5.74, 6) is 0. The third-order valence-electron chi connectivity index (χ3n) is 4.93. The molecule has 0 amide bonds. The highest BCUT2D eigenvalue weighted by molar-refractivity contribution is 5.90. The van der Waals surface area contributed by atoms with Crippen LogP contribution in [0.1, 0.15) is 18.4 Å². The predicted octanol–water partition coefficient (Wildman–Crippen LogP) is 0.217. The maximum Gasteiger partial charge on any atom is 0.186 e. The summed E-state index contributed by atoms with van der Waals surface area (Å²) < 4.78 is 11.0. The molecule has 0 unspecified atom stereocenters. The van der Waals surface area contributed by atoms with Crippen LogP contribution in [0, 0.1) is 0 Å². The fourth-order valence-corrected chi connectivity index (χ4v) is 3.36. The van der Waals surface area contributed by atoms with E-state index in [0.29, 0.717) is 0 Å². The van der Waals surface area contributed by atoms with Gasteiger partial charge in [0, 0.05) is 11.3 Å². The minimum Gasteiger partial charge on any atom is -0.394 e. The van der Waals surface area contributed by atoms with Crippen molar-refractivity contribution in [2.45, 2.75) is 62.3 Å². The van der Waals surface area contributed by atoms with Crippen LogP contribution in [0.3, 0.4) is 0 Å². The number of aliphatic hydroxyl groups excluding tert-OH is 4. The van der Waals surface area contributed by atoms with Crippen LogP contribution in [0.25, 0.3) is 10.4 Å². The molecule has 1 saturated carbocycles. The molecule has 0 bridgehead atoms. The van der Waals surface area contributed by atoms with Crippen molar-refractivity contribution in [1.82, 2.24) is 0 Å². The van der Waals surface area contributed by atoms with E-state index in [4.69, 9.17) is 19.8 Å². The second kappa shape index (κ2) is 9.99. The molecule has 1 aliphatic heterocycles. The number of hydrogen-bond donors (Lipinski definition) is 4. The molecule has 0 radical (unpaired) electrons. The van der Waals surface area contributed by atoms with Gasteiger partial charge in [0.2, 0.25) is 0 Å². The smallest absolute Gasteiger partial charge is 0.186 e. The van der Waals surface area contributed by atoms with E-state index in [2.05, 4.69) is 15.2 Å². The molecule has 7 atom stereocenters. The normalized spacial score (nSPS) is 36.0. The number of nitrogens with zero attached hydrogens (tertiary/aromatic N) is 4. The Hall–Kier alpha value is -2.24. The van der Waals surface area contributed by atoms with Crippen molar-refractivity contribution in [2.75, 3.05) is 6.61 Å². The molecule has 0 aromatic heterocycles. The highest BCUT2D eigenvalue weighted by Gasteiger charge is 2.45. The van der Waals surface area contributed by atoms with Crippen molar-refractivity contribution in [3.05, 3.63) is 46.3 Å². The molecule has 2 fully saturated rings. The zero-order valence-corrected chi connectivity index (χ0v) is 15.6. The molecule has 1 aromatic rings. The van der Waals surface area contributed by atoms with E-state index in [1.807, 2.05) is 30.3 Å². The number of benzene rings is 1. The zero-order chi connectivity index (χ0) is 20.8. The minimum atomic E-state index is -1.34. The Morgan fingerprint density at radius 2 is 1.93 bits per heavy atom. The van der Waals surface area contributed by atoms with Crippen LogP contribution in [0.4, 0.5) is 0 Å². The van der Waals surface area contributed by atoms with Crippen LogP contribution in [0.15, 0.2) is 40.6 Å². The minimum absolute atomic E-state index is 0.153. The maximum atomic E-state index is 10.4. The number of oxime groups is 1. The lowest BCUT2D eigenvalue weighted by atomic mass is 9.89. The van der Waals surface area contributed by atoms with Crippen molar-refractivity contribution in [2.24, 2.45) is 10.3 Å². The number of ether oxygens (including phenoxy) is 2. The van der Waals surface area contributed by atoms with Gasteiger partial charge in [-0.3, -0.25) is 0 Å². The van der Waals surface area contributed by atoms with Gasteiger partial charge >= 0.3 is 0 Å². The molecule has 11 heteroatoms. The average Bonchev–Trinajstić information content (AvgIpc) is 3.00. The van der Waals surface area contributed by atoms with Gasteiger partial charge in [0.25, 0.3) is 0 Å². The monoisotopic (exact) mass is 408 g/mol. The van der Waals surface area contributed by atoms with Gasteiger partial charge in [-0.05, 0) is 17.5 Å². The molecule has 11 nitrogen and oxygen atoms in total. The summed E-state index contributed by atoms with van der Waals surface area (Å²) in [4.78, 5) is 8.08. The Morgan fingerprint density at radius 3 is 2.59 bits per heavy atom. The maximum absolute atomic E-state index is 10.4. The zero-order valence-electron chi connectivity index (χ0n) is 15.6. The Morgan fingerprint density at radius 1 is 1.17 bits per heavy atom. The molecule has 29 heavy (non-hydrogen) atoms. The molecule has 1 heterocycles. The van der Waals surface area contributed by atoms with Gasteiger partial charge < -0.3 is 34.7 Å². The number of rotatable bonds is 7. The first-order chi connectivity index (χ1) is 14.0. The molecule has 1 aliphatic carbocycles. The molecule has 2 aliphatic rings. The van der Waals surface area contributed by atoms with Crippen molar-refractivity contribution in [3.63, 3.8) is 0 Å². The van der Waals surface area contributed by atoms with Gasteiger partial charge in [0.1, 0.15) is 31.0 Å². The molecular weight excluding hydrogens is 384 g/mol. The van der Waals surface area contributed by atoms with E-state index in [-0.39, 0.29) is 25.2 Å². The third kappa shape index (κ3) is 5.22. The Bertz CT molecular complexity index is 743. The number of hydrogen-bond acceptors (Lipinski definition) is 9. The third-order valence-corrected chi connectivity index (χ3v) is 4.93. The Labute approximate surface area is 166 Å². The first kappa shape index (κ1) is 21.5. The van der Waals surface area contributed by atoms with Crippen LogP contribution < -0.4 is 0 Å². The molecule has 1 aromatic carbocycles. The van der Waals surface area contributed by atoms with Crippen molar-refractivity contribution < 1.29 is 34.7 Å². The highest BCUT2D eigenvalue weighted by atomic mass is 16.7. The first-order valence-electron chi connectivity index (χ1n) is 9.26. The lowest BCUT2D eigenvalue weighted by Crippen LogP contribution is -2.45. The van der Waals surface area contributed by atoms with E-state index < -0.39 is 49.5 Å². The quantitative estimate of drug-likeness (QED) is 0.216. The molecule has 4 N–H and O–H groups in total. The van der Waals surface area contributed by atoms with E-state index in [9.17, 15) is 20.4 Å². The topological polar surface area (TPSA) is 170 Å². The van der Waals surface area contributed by atoms with E-state index in [1.165, 1.54) is 0 Å². The summed E-state index contributed by atoms with van der Waals surface area (Å²) >= 11 is 0. The van der Waals surface area contributed by atoms with Gasteiger partial charge in [-0.2, -0.15) is 0 Å². The Balaban J connectivity index is 1.67. The van der Waals surface area contributed by atoms with Gasteiger partial charge in [-0.25, -0.2) is 0 Å². The van der Waals surface area contributed by atoms with E-state index >= 15 is 0 Å². The summed E-state index contributed by atoms with van der Waals surface area (Å²) in [5.41, 5.74) is 9.90. The second-order valence-corrected chi connectivity index (χ2v) is 6.96. The van der Waals surface area contributed by atoms with Crippen molar-refractivity contribution >= 4 is 5.71 Å². The Kier molecular flexibility index (Phi) is 7.40. The van der Waals surface area contributed by atoms with Gasteiger partial charge in [-0.1, -0.05) is 40.6 Å². The average molecular weight is 408 g/mol. The van der Waals surface area contributed by atoms with Crippen LogP contribution in [-0.2, 0) is 20.9 Å². The molecule has 1 saturated heterocycles. The van der Waals surface area contributed by atoms with E-state index in [0.717, 1.165) is 5.56 Å². The van der Waals surface area contributed by atoms with Crippen LogP contribution >= 0.6 is 0 Å². The fourth-order valence-electron chi connectivity index (χ4n) is 3.36. The fraction of sp³-hybridized carbons (Fsp3) is 0.611. The van der Waals surface area contributed by atoms with Gasteiger partial charge in [-0.15, -0.1) is 0 Å². The van der Waals surface area contributed by atoms with E-state index in [1.54, 1.807) is 0 Å². The molecule has 0 spiro atoms. The summed E-state index contributed by atoms with van der Waals surface area (Å²) in [6, 6.07) is 8.51. The molecular formula is C18H24N4O7. The van der Waals surface area contributed by atoms with Crippen molar-refractivity contribution in [3.8, 4) is 0 Å². The largest absolute Gasteiger partial charge is 0.394 e. The highest BCUT2D eigenvalue weighted by Crippen LogP contribution is 2.29. The standard InChI is InChI=1S/C18H24N4O7/c19-22-20-12-6-11(28-18-17(26)16(25)14(8-23)29-18)7-13(15(12)24)21-27-9-10-4-2-1-3-5-10/h1-5,11-12,14-18,23-26H,6-9H2/b21-13+/t11-,12-,14-,15+,16-,17+,18+/m1/s1.